The molecule has 0 spiro atoms. The van der Waals surface area contributed by atoms with Crippen molar-refractivity contribution in [1.29, 1.82) is 0 Å². The quantitative estimate of drug-likeness (QED) is 0.640. The third-order valence-corrected chi connectivity index (χ3v) is 4.28. The summed E-state index contributed by atoms with van der Waals surface area (Å²) in [5.74, 6) is 6.57. The van der Waals surface area contributed by atoms with Gasteiger partial charge in [-0.15, -0.1) is 4.59 Å². The van der Waals surface area contributed by atoms with Gasteiger partial charge in [0.1, 0.15) is 17.7 Å². The van der Waals surface area contributed by atoms with Crippen molar-refractivity contribution in [3.05, 3.63) is 81.6 Å². The zero-order valence-corrected chi connectivity index (χ0v) is 13.0. The molecule has 2 aliphatic heterocycles. The van der Waals surface area contributed by atoms with Crippen LogP contribution in [-0.2, 0) is 0 Å². The first-order valence-electron chi connectivity index (χ1n) is 6.66. The van der Waals surface area contributed by atoms with Crippen molar-refractivity contribution < 1.29 is 8.98 Å². The number of nitrogens with two attached hydrogens (primary N) is 1. The van der Waals surface area contributed by atoms with Gasteiger partial charge >= 0.3 is 0 Å². The monoisotopic (exact) mass is 357 g/mol. The van der Waals surface area contributed by atoms with E-state index < -0.39 is 0 Å². The number of halogens is 2. The molecule has 0 fully saturated rings. The molecule has 3 aliphatic rings. The van der Waals surface area contributed by atoms with Gasteiger partial charge in [-0.2, -0.15) is 10.8 Å². The number of aliphatic imine (C=N–C) groups is 2. The van der Waals surface area contributed by atoms with Gasteiger partial charge in [-0.3, -0.25) is 4.99 Å². The van der Waals surface area contributed by atoms with E-state index in [2.05, 4.69) is 25.9 Å². The summed E-state index contributed by atoms with van der Waals surface area (Å²) in [6, 6.07) is 4.86. The van der Waals surface area contributed by atoms with Crippen LogP contribution < -0.4 is 5.84 Å². The number of rotatable bonds is 2. The Bertz CT molecular complexity index is 876. The first-order chi connectivity index (χ1) is 10.6. The van der Waals surface area contributed by atoms with Crippen LogP contribution in [0.4, 0.5) is 4.39 Å². The van der Waals surface area contributed by atoms with E-state index in [4.69, 9.17) is 5.84 Å². The second-order valence-electron chi connectivity index (χ2n) is 5.13. The van der Waals surface area contributed by atoms with E-state index in [0.29, 0.717) is 15.9 Å². The van der Waals surface area contributed by atoms with Gasteiger partial charge in [-0.05, 0) is 18.2 Å². The molecule has 2 heterocycles. The summed E-state index contributed by atoms with van der Waals surface area (Å²) in [4.78, 5) is 8.75. The summed E-state index contributed by atoms with van der Waals surface area (Å²) in [5, 5.41) is 0. The minimum absolute atomic E-state index is 0.178. The first kappa shape index (κ1) is 13.5. The van der Waals surface area contributed by atoms with Crippen LogP contribution in [0.5, 0.6) is 0 Å². The van der Waals surface area contributed by atoms with Gasteiger partial charge in [0.05, 0.1) is 18.0 Å². The standard InChI is InChI=1S/C16H11BrFN4/c17-11-4-5-12(13(18)8-11)16-21-15(10-2-1-3-10)14-9-20-6-7-22(14,16)19/h1-9H,19H2/q+1. The summed E-state index contributed by atoms with van der Waals surface area (Å²) in [5.41, 5.74) is 2.81. The maximum absolute atomic E-state index is 14.4. The van der Waals surface area contributed by atoms with Crippen LogP contribution in [-0.4, -0.2) is 16.6 Å². The molecule has 1 aromatic rings. The molecule has 1 unspecified atom stereocenters. The molecule has 1 atom stereocenters. The molecule has 6 heteroatoms. The second kappa shape index (κ2) is 4.67. The fraction of sp³-hybridized carbons (Fsp3) is 0. The number of fused-ring (bicyclic) bond motifs is 1. The van der Waals surface area contributed by atoms with Gasteiger partial charge < -0.3 is 0 Å². The topological polar surface area (TPSA) is 50.7 Å². The number of hydrogen-bond donors (Lipinski definition) is 1. The minimum Gasteiger partial charge on any atom is -0.253 e. The molecule has 0 radical (unpaired) electrons. The fourth-order valence-corrected chi connectivity index (χ4v) is 2.93. The fourth-order valence-electron chi connectivity index (χ4n) is 2.59. The normalized spacial score (nSPS) is 25.0. The van der Waals surface area contributed by atoms with E-state index in [0.717, 1.165) is 17.0 Å². The average Bonchev–Trinajstić information content (AvgIpc) is 2.71. The number of hydrogen-bond acceptors (Lipinski definition) is 3. The van der Waals surface area contributed by atoms with E-state index in [1.807, 2.05) is 18.2 Å². The summed E-state index contributed by atoms with van der Waals surface area (Å²) >= 11 is 3.26. The van der Waals surface area contributed by atoms with Crippen LogP contribution in [0, 0.1) is 5.82 Å². The Labute approximate surface area is 134 Å². The van der Waals surface area contributed by atoms with E-state index in [9.17, 15) is 4.39 Å². The predicted octanol–water partition coefficient (Wildman–Crippen LogP) is 3.30. The second-order valence-corrected chi connectivity index (χ2v) is 6.04. The number of allylic oxidation sites excluding steroid dienone is 4. The smallest absolute Gasteiger partial charge is 0.253 e. The summed E-state index contributed by atoms with van der Waals surface area (Å²) in [7, 11) is 0. The third kappa shape index (κ3) is 1.81. The van der Waals surface area contributed by atoms with Crippen LogP contribution >= 0.6 is 15.9 Å². The van der Waals surface area contributed by atoms with Gasteiger partial charge in [0, 0.05) is 10.0 Å². The van der Waals surface area contributed by atoms with Crippen molar-refractivity contribution in [3.8, 4) is 0 Å². The zero-order chi connectivity index (χ0) is 15.3. The zero-order valence-electron chi connectivity index (χ0n) is 11.4. The lowest BCUT2D eigenvalue weighted by Crippen LogP contribution is -2.53. The molecular formula is C16H11BrFN4+. The number of amidine groups is 1. The predicted molar refractivity (Wildman–Crippen MR) is 87.0 cm³/mol. The summed E-state index contributed by atoms with van der Waals surface area (Å²) in [6.07, 6.45) is 10.8. The van der Waals surface area contributed by atoms with Crippen molar-refractivity contribution >= 4 is 28.0 Å². The molecular weight excluding hydrogens is 347 g/mol. The van der Waals surface area contributed by atoms with E-state index in [1.165, 1.54) is 6.07 Å². The Morgan fingerprint density at radius 2 is 2.09 bits per heavy atom. The SMILES string of the molecule is N[N+]12C=CN=CC1=C(C1=CC=C1)N=C2c1ccc(Br)cc1F. The Kier molecular flexibility index (Phi) is 2.87. The van der Waals surface area contributed by atoms with Gasteiger partial charge in [0.25, 0.3) is 5.84 Å². The lowest BCUT2D eigenvalue weighted by atomic mass is 10.0. The Morgan fingerprint density at radius 3 is 2.77 bits per heavy atom. The van der Waals surface area contributed by atoms with Crippen molar-refractivity contribution in [1.82, 2.24) is 0 Å². The Balaban J connectivity index is 1.90. The van der Waals surface area contributed by atoms with Gasteiger partial charge in [0.15, 0.2) is 0 Å². The molecule has 4 nitrogen and oxygen atoms in total. The van der Waals surface area contributed by atoms with Gasteiger partial charge in [-0.25, -0.2) is 4.39 Å². The number of nitrogens with zero attached hydrogens (tertiary/aromatic N) is 3. The first-order valence-corrected chi connectivity index (χ1v) is 7.45. The van der Waals surface area contributed by atoms with Crippen molar-refractivity contribution in [3.63, 3.8) is 0 Å². The molecule has 22 heavy (non-hydrogen) atoms. The molecule has 0 bridgehead atoms. The van der Waals surface area contributed by atoms with Crippen molar-refractivity contribution in [2.75, 3.05) is 0 Å². The third-order valence-electron chi connectivity index (χ3n) is 3.79. The lowest BCUT2D eigenvalue weighted by Gasteiger charge is -2.26. The van der Waals surface area contributed by atoms with Crippen LogP contribution in [0.3, 0.4) is 0 Å². The van der Waals surface area contributed by atoms with Crippen LogP contribution in [0.15, 0.2) is 80.3 Å². The van der Waals surface area contributed by atoms with Gasteiger partial charge in [-0.1, -0.05) is 34.2 Å². The lowest BCUT2D eigenvalue weighted by molar-refractivity contribution is -0.750. The van der Waals surface area contributed by atoms with E-state index >= 15 is 0 Å². The average molecular weight is 358 g/mol. The number of benzene rings is 1. The Morgan fingerprint density at radius 1 is 1.27 bits per heavy atom. The van der Waals surface area contributed by atoms with Crippen LogP contribution in [0.25, 0.3) is 0 Å². The summed E-state index contributed by atoms with van der Waals surface area (Å²) in [6.45, 7) is 0. The van der Waals surface area contributed by atoms with Crippen LogP contribution in [0.2, 0.25) is 0 Å². The maximum Gasteiger partial charge on any atom is 0.268 e. The summed E-state index contributed by atoms with van der Waals surface area (Å²) < 4.78 is 14.9. The maximum atomic E-state index is 14.4. The highest BCUT2D eigenvalue weighted by atomic mass is 79.9. The Hall–Kier alpha value is -2.15. The molecule has 0 saturated heterocycles. The molecule has 108 valence electrons. The number of quaternary nitrogens is 1. The molecule has 4 rings (SSSR count). The molecule has 1 aromatic carbocycles. The van der Waals surface area contributed by atoms with E-state index in [1.54, 1.807) is 30.7 Å². The molecule has 2 N–H and O–H groups in total. The highest BCUT2D eigenvalue weighted by Gasteiger charge is 2.45. The largest absolute Gasteiger partial charge is 0.268 e. The molecule has 1 aliphatic carbocycles. The molecule has 0 aromatic heterocycles. The van der Waals surface area contributed by atoms with Crippen LogP contribution in [0.1, 0.15) is 5.56 Å². The van der Waals surface area contributed by atoms with Crippen molar-refractivity contribution in [2.45, 2.75) is 0 Å². The highest BCUT2D eigenvalue weighted by Crippen LogP contribution is 2.36. The highest BCUT2D eigenvalue weighted by molar-refractivity contribution is 9.10. The molecule has 0 amide bonds. The van der Waals surface area contributed by atoms with E-state index in [-0.39, 0.29) is 10.4 Å². The molecule has 0 saturated carbocycles. The minimum atomic E-state index is -0.370. The van der Waals surface area contributed by atoms with Crippen molar-refractivity contribution in [2.24, 2.45) is 15.8 Å². The van der Waals surface area contributed by atoms with Gasteiger partial charge in [0.2, 0.25) is 5.70 Å².